The van der Waals surface area contributed by atoms with Gasteiger partial charge in [-0.2, -0.15) is 0 Å². The van der Waals surface area contributed by atoms with Crippen molar-refractivity contribution in [1.82, 2.24) is 9.80 Å². The molecule has 3 rings (SSSR count). The van der Waals surface area contributed by atoms with Gasteiger partial charge < -0.3 is 14.5 Å². The Labute approximate surface area is 156 Å². The van der Waals surface area contributed by atoms with Gasteiger partial charge in [0.2, 0.25) is 0 Å². The SMILES string of the molecule is O=C1c2ccc(OCCCN3CCCC3)cc2C(=O)N1CCCO[N+](=O)[O-]. The number of rotatable bonds is 10. The van der Waals surface area contributed by atoms with E-state index in [1.165, 1.54) is 12.8 Å². The topological polar surface area (TPSA) is 102 Å². The Morgan fingerprint density at radius 2 is 1.70 bits per heavy atom. The minimum absolute atomic E-state index is 0.0756. The van der Waals surface area contributed by atoms with Crippen LogP contribution in [0.2, 0.25) is 0 Å². The van der Waals surface area contributed by atoms with Crippen molar-refractivity contribution in [2.75, 3.05) is 39.4 Å². The number of likely N-dealkylation sites (tertiary alicyclic amines) is 1. The van der Waals surface area contributed by atoms with Crippen molar-refractivity contribution in [3.05, 3.63) is 39.4 Å². The van der Waals surface area contributed by atoms with Gasteiger partial charge in [0, 0.05) is 13.1 Å². The number of hydrogen-bond donors (Lipinski definition) is 0. The van der Waals surface area contributed by atoms with Crippen molar-refractivity contribution in [3.8, 4) is 5.75 Å². The lowest BCUT2D eigenvalue weighted by molar-refractivity contribution is -0.757. The van der Waals surface area contributed by atoms with Crippen molar-refractivity contribution in [1.29, 1.82) is 0 Å². The van der Waals surface area contributed by atoms with Gasteiger partial charge in [-0.1, -0.05) is 0 Å². The van der Waals surface area contributed by atoms with Crippen molar-refractivity contribution in [2.24, 2.45) is 0 Å². The zero-order valence-electron chi connectivity index (χ0n) is 15.1. The Morgan fingerprint density at radius 1 is 1.00 bits per heavy atom. The fourth-order valence-electron chi connectivity index (χ4n) is 3.41. The molecule has 0 saturated carbocycles. The molecule has 9 nitrogen and oxygen atoms in total. The van der Waals surface area contributed by atoms with Crippen LogP contribution in [0.4, 0.5) is 0 Å². The molecule has 2 aliphatic heterocycles. The predicted octanol–water partition coefficient (Wildman–Crippen LogP) is 1.75. The number of nitrogens with zero attached hydrogens (tertiary/aromatic N) is 3. The summed E-state index contributed by atoms with van der Waals surface area (Å²) in [5.74, 6) is -0.231. The lowest BCUT2D eigenvalue weighted by Crippen LogP contribution is -2.31. The van der Waals surface area contributed by atoms with E-state index in [2.05, 4.69) is 9.74 Å². The van der Waals surface area contributed by atoms with Gasteiger partial charge in [-0.25, -0.2) is 0 Å². The van der Waals surface area contributed by atoms with E-state index in [1.54, 1.807) is 18.2 Å². The molecule has 2 heterocycles. The molecular weight excluding hydrogens is 354 g/mol. The molecule has 1 saturated heterocycles. The Balaban J connectivity index is 1.50. The van der Waals surface area contributed by atoms with Gasteiger partial charge in [0.05, 0.1) is 24.3 Å². The van der Waals surface area contributed by atoms with E-state index in [0.29, 0.717) is 23.5 Å². The number of ether oxygens (including phenoxy) is 1. The van der Waals surface area contributed by atoms with Gasteiger partial charge >= 0.3 is 0 Å². The third kappa shape index (κ3) is 4.73. The molecule has 9 heteroatoms. The summed E-state index contributed by atoms with van der Waals surface area (Å²) in [4.78, 5) is 42.6. The maximum atomic E-state index is 12.5. The standard InChI is InChI=1S/C18H23N3O6/c22-17-15-6-5-14(26-11-3-9-19-7-1-2-8-19)13-16(15)18(23)20(17)10-4-12-27-21(24)25/h5-6,13H,1-4,7-12H2. The molecule has 0 atom stereocenters. The van der Waals surface area contributed by atoms with E-state index >= 15 is 0 Å². The molecule has 146 valence electrons. The fraction of sp³-hybridized carbons (Fsp3) is 0.556. The average molecular weight is 377 g/mol. The average Bonchev–Trinajstić information content (AvgIpc) is 3.24. The zero-order chi connectivity index (χ0) is 19.2. The summed E-state index contributed by atoms with van der Waals surface area (Å²) in [5, 5.41) is 9.25. The monoisotopic (exact) mass is 377 g/mol. The van der Waals surface area contributed by atoms with Gasteiger partial charge in [0.15, 0.2) is 0 Å². The number of carbonyl (C=O) groups excluding carboxylic acids is 2. The summed E-state index contributed by atoms with van der Waals surface area (Å²) in [6, 6.07) is 4.89. The number of hydrogen-bond acceptors (Lipinski definition) is 7. The molecule has 1 fully saturated rings. The molecule has 0 radical (unpaired) electrons. The molecule has 2 aliphatic rings. The van der Waals surface area contributed by atoms with Gasteiger partial charge in [0.25, 0.3) is 16.9 Å². The molecule has 0 unspecified atom stereocenters. The van der Waals surface area contributed by atoms with Crippen molar-refractivity contribution in [3.63, 3.8) is 0 Å². The molecule has 0 aliphatic carbocycles. The van der Waals surface area contributed by atoms with Gasteiger partial charge in [-0.15, -0.1) is 10.1 Å². The van der Waals surface area contributed by atoms with E-state index in [0.717, 1.165) is 31.0 Å². The predicted molar refractivity (Wildman–Crippen MR) is 95.2 cm³/mol. The summed E-state index contributed by atoms with van der Waals surface area (Å²) >= 11 is 0. The maximum absolute atomic E-state index is 12.5. The van der Waals surface area contributed by atoms with Crippen LogP contribution in [0.5, 0.6) is 5.75 Å². The van der Waals surface area contributed by atoms with Gasteiger partial charge in [-0.05, 0) is 57.0 Å². The van der Waals surface area contributed by atoms with Crippen LogP contribution in [-0.4, -0.2) is 66.1 Å². The Kier molecular flexibility index (Phi) is 6.23. The van der Waals surface area contributed by atoms with Crippen LogP contribution in [0.3, 0.4) is 0 Å². The number of imide groups is 1. The first kappa shape index (κ1) is 19.1. The van der Waals surface area contributed by atoms with Gasteiger partial charge in [0.1, 0.15) is 5.75 Å². The molecule has 1 aromatic carbocycles. The van der Waals surface area contributed by atoms with Crippen LogP contribution >= 0.6 is 0 Å². The van der Waals surface area contributed by atoms with Crippen LogP contribution < -0.4 is 4.74 Å². The van der Waals surface area contributed by atoms with Crippen molar-refractivity contribution < 1.29 is 24.3 Å². The molecule has 0 N–H and O–H groups in total. The second-order valence-corrected chi connectivity index (χ2v) is 6.63. The second-order valence-electron chi connectivity index (χ2n) is 6.63. The number of fused-ring (bicyclic) bond motifs is 1. The smallest absolute Gasteiger partial charge is 0.294 e. The van der Waals surface area contributed by atoms with E-state index in [-0.39, 0.29) is 19.6 Å². The summed E-state index contributed by atoms with van der Waals surface area (Å²) in [6.07, 6.45) is 3.63. The highest BCUT2D eigenvalue weighted by molar-refractivity contribution is 6.21. The molecule has 1 aromatic rings. The first-order valence-electron chi connectivity index (χ1n) is 9.19. The van der Waals surface area contributed by atoms with Crippen LogP contribution in [0, 0.1) is 10.1 Å². The third-order valence-corrected chi connectivity index (χ3v) is 4.75. The summed E-state index contributed by atoms with van der Waals surface area (Å²) in [6.45, 7) is 3.77. The van der Waals surface area contributed by atoms with Crippen LogP contribution in [0.1, 0.15) is 46.4 Å². The molecule has 0 bridgehead atoms. The minimum atomic E-state index is -0.893. The highest BCUT2D eigenvalue weighted by Gasteiger charge is 2.35. The van der Waals surface area contributed by atoms with E-state index in [4.69, 9.17) is 4.74 Å². The second kappa shape index (κ2) is 8.81. The lowest BCUT2D eigenvalue weighted by atomic mass is 10.1. The van der Waals surface area contributed by atoms with Crippen molar-refractivity contribution in [2.45, 2.75) is 25.7 Å². The molecule has 0 spiro atoms. The summed E-state index contributed by atoms with van der Waals surface area (Å²) in [7, 11) is 0. The van der Waals surface area contributed by atoms with Crippen molar-refractivity contribution >= 4 is 11.8 Å². The zero-order valence-corrected chi connectivity index (χ0v) is 15.1. The highest BCUT2D eigenvalue weighted by Crippen LogP contribution is 2.27. The summed E-state index contributed by atoms with van der Waals surface area (Å²) < 4.78 is 5.73. The first-order valence-corrected chi connectivity index (χ1v) is 9.19. The normalized spacial score (nSPS) is 16.7. The van der Waals surface area contributed by atoms with E-state index in [1.807, 2.05) is 0 Å². The van der Waals surface area contributed by atoms with Crippen LogP contribution in [-0.2, 0) is 4.84 Å². The number of carbonyl (C=O) groups is 2. The minimum Gasteiger partial charge on any atom is -0.494 e. The van der Waals surface area contributed by atoms with Crippen LogP contribution in [0.25, 0.3) is 0 Å². The fourth-order valence-corrected chi connectivity index (χ4v) is 3.41. The van der Waals surface area contributed by atoms with Gasteiger partial charge in [-0.3, -0.25) is 14.5 Å². The Morgan fingerprint density at radius 3 is 2.44 bits per heavy atom. The van der Waals surface area contributed by atoms with E-state index < -0.39 is 16.9 Å². The Bertz CT molecular complexity index is 717. The first-order chi connectivity index (χ1) is 13.1. The molecule has 0 aromatic heterocycles. The number of amides is 2. The van der Waals surface area contributed by atoms with E-state index in [9.17, 15) is 19.7 Å². The Hall–Kier alpha value is -2.68. The molecule has 27 heavy (non-hydrogen) atoms. The maximum Gasteiger partial charge on any atom is 0.294 e. The highest BCUT2D eigenvalue weighted by atomic mass is 16.9. The van der Waals surface area contributed by atoms with Crippen LogP contribution in [0.15, 0.2) is 18.2 Å². The lowest BCUT2D eigenvalue weighted by Gasteiger charge is -2.14. The summed E-state index contributed by atoms with van der Waals surface area (Å²) in [5.41, 5.74) is 0.645. The quantitative estimate of drug-likeness (QED) is 0.265. The number of benzene rings is 1. The third-order valence-electron chi connectivity index (χ3n) is 4.75. The molecule has 2 amide bonds. The molecular formula is C18H23N3O6. The largest absolute Gasteiger partial charge is 0.494 e.